The summed E-state index contributed by atoms with van der Waals surface area (Å²) in [6.07, 6.45) is -3.54. The molecule has 0 aromatic heterocycles. The first-order chi connectivity index (χ1) is 7.43. The van der Waals surface area contributed by atoms with Crippen molar-refractivity contribution in [1.82, 2.24) is 0 Å². The molecule has 1 aromatic rings. The Bertz CT molecular complexity index is 355. The second-order valence-electron chi connectivity index (χ2n) is 3.62. The monoisotopic (exact) mass is 233 g/mol. The average Bonchev–Trinajstić information content (AvgIpc) is 2.15. The lowest BCUT2D eigenvalue weighted by Gasteiger charge is -2.23. The molecule has 1 atom stereocenters. The van der Waals surface area contributed by atoms with Crippen molar-refractivity contribution in [2.45, 2.75) is 19.5 Å². The van der Waals surface area contributed by atoms with E-state index in [1.807, 2.05) is 0 Å². The van der Waals surface area contributed by atoms with Crippen molar-refractivity contribution in [1.29, 1.82) is 0 Å². The molecule has 1 N–H and O–H groups in total. The minimum Gasteiger partial charge on any atom is -0.389 e. The zero-order chi connectivity index (χ0) is 12.3. The molecule has 0 aliphatic rings. The van der Waals surface area contributed by atoms with Gasteiger partial charge in [-0.05, 0) is 19.1 Å². The van der Waals surface area contributed by atoms with E-state index < -0.39 is 24.9 Å². The van der Waals surface area contributed by atoms with Crippen molar-refractivity contribution in [3.05, 3.63) is 29.6 Å². The smallest absolute Gasteiger partial charge is 0.255 e. The minimum atomic E-state index is -2.50. The molecule has 0 aliphatic carbocycles. The van der Waals surface area contributed by atoms with E-state index in [4.69, 9.17) is 0 Å². The first-order valence-electron chi connectivity index (χ1n) is 4.89. The molecule has 0 radical (unpaired) electrons. The van der Waals surface area contributed by atoms with Crippen molar-refractivity contribution in [2.24, 2.45) is 0 Å². The van der Waals surface area contributed by atoms with Gasteiger partial charge < -0.3 is 10.0 Å². The number of aliphatic hydroxyl groups excluding tert-OH is 1. The molecule has 1 aromatic carbocycles. The van der Waals surface area contributed by atoms with Gasteiger partial charge in [0.2, 0.25) is 0 Å². The average molecular weight is 233 g/mol. The van der Waals surface area contributed by atoms with Crippen LogP contribution in [0.5, 0.6) is 0 Å². The summed E-state index contributed by atoms with van der Waals surface area (Å²) in [7, 11) is 1.44. The second kappa shape index (κ2) is 5.21. The van der Waals surface area contributed by atoms with Crippen LogP contribution < -0.4 is 4.90 Å². The largest absolute Gasteiger partial charge is 0.389 e. The van der Waals surface area contributed by atoms with Crippen molar-refractivity contribution < 1.29 is 18.3 Å². The van der Waals surface area contributed by atoms with Crippen LogP contribution in [0.3, 0.4) is 0 Å². The molecule has 1 unspecified atom stereocenters. The van der Waals surface area contributed by atoms with Crippen molar-refractivity contribution in [2.75, 3.05) is 18.5 Å². The van der Waals surface area contributed by atoms with E-state index in [0.717, 1.165) is 0 Å². The highest BCUT2D eigenvalue weighted by Gasteiger charge is 2.18. The number of anilines is 1. The molecule has 5 heteroatoms. The molecular weight excluding hydrogens is 219 g/mol. The van der Waals surface area contributed by atoms with E-state index >= 15 is 0 Å². The highest BCUT2D eigenvalue weighted by atomic mass is 19.3. The van der Waals surface area contributed by atoms with Crippen molar-refractivity contribution >= 4 is 5.69 Å². The molecule has 0 saturated heterocycles. The summed E-state index contributed by atoms with van der Waals surface area (Å²) in [6.45, 7) is 0.904. The lowest BCUT2D eigenvalue weighted by atomic mass is 10.1. The number of hydrogen-bond acceptors (Lipinski definition) is 2. The van der Waals surface area contributed by atoms with Crippen molar-refractivity contribution in [3.63, 3.8) is 0 Å². The van der Waals surface area contributed by atoms with E-state index in [-0.39, 0.29) is 11.3 Å². The Balaban J connectivity index is 3.07. The lowest BCUT2D eigenvalue weighted by molar-refractivity contribution is 0.155. The van der Waals surface area contributed by atoms with Gasteiger partial charge in [-0.1, -0.05) is 6.07 Å². The molecule has 0 fully saturated rings. The number of alkyl halides is 2. The Morgan fingerprint density at radius 2 is 2.00 bits per heavy atom. The Morgan fingerprint density at radius 1 is 1.38 bits per heavy atom. The third-order valence-corrected chi connectivity index (χ3v) is 2.27. The fourth-order valence-electron chi connectivity index (χ4n) is 1.58. The van der Waals surface area contributed by atoms with Gasteiger partial charge in [0.1, 0.15) is 5.82 Å². The Hall–Kier alpha value is -1.23. The summed E-state index contributed by atoms with van der Waals surface area (Å²) in [5, 5.41) is 9.41. The maximum atomic E-state index is 13.4. The van der Waals surface area contributed by atoms with E-state index in [2.05, 4.69) is 0 Å². The zero-order valence-electron chi connectivity index (χ0n) is 9.12. The van der Waals surface area contributed by atoms with Crippen molar-refractivity contribution in [3.8, 4) is 0 Å². The Labute approximate surface area is 92.3 Å². The summed E-state index contributed by atoms with van der Waals surface area (Å²) in [5.74, 6) is -0.589. The van der Waals surface area contributed by atoms with Crippen LogP contribution >= 0.6 is 0 Å². The second-order valence-corrected chi connectivity index (χ2v) is 3.62. The molecule has 0 aliphatic heterocycles. The highest BCUT2D eigenvalue weighted by molar-refractivity contribution is 5.54. The predicted octanol–water partition coefficient (Wildman–Crippen LogP) is 2.58. The maximum Gasteiger partial charge on any atom is 0.255 e. The summed E-state index contributed by atoms with van der Waals surface area (Å²) in [5.41, 5.74) is 0.334. The van der Waals surface area contributed by atoms with Crippen LogP contribution in [0.2, 0.25) is 0 Å². The quantitative estimate of drug-likeness (QED) is 0.864. The summed E-state index contributed by atoms with van der Waals surface area (Å²) in [6, 6.07) is 4.13. The van der Waals surface area contributed by atoms with Gasteiger partial charge in [-0.25, -0.2) is 13.2 Å². The number of hydrogen-bond donors (Lipinski definition) is 1. The third-order valence-electron chi connectivity index (χ3n) is 2.27. The van der Waals surface area contributed by atoms with Crippen LogP contribution in [-0.4, -0.2) is 25.1 Å². The Kier molecular flexibility index (Phi) is 4.18. The topological polar surface area (TPSA) is 23.5 Å². The SMILES string of the molecule is CC(O)c1c(F)cccc1N(C)CC(F)F. The number of halogens is 3. The van der Waals surface area contributed by atoms with Gasteiger partial charge in [-0.3, -0.25) is 0 Å². The number of rotatable bonds is 4. The highest BCUT2D eigenvalue weighted by Crippen LogP contribution is 2.28. The van der Waals surface area contributed by atoms with Crippen LogP contribution in [0.25, 0.3) is 0 Å². The molecule has 16 heavy (non-hydrogen) atoms. The molecular formula is C11H14F3NO. The molecule has 0 heterocycles. The minimum absolute atomic E-state index is 0.0469. The molecule has 0 saturated carbocycles. The molecule has 1 rings (SSSR count). The van der Waals surface area contributed by atoms with Crippen LogP contribution in [0.15, 0.2) is 18.2 Å². The van der Waals surface area contributed by atoms with Gasteiger partial charge in [-0.2, -0.15) is 0 Å². The molecule has 0 spiro atoms. The zero-order valence-corrected chi connectivity index (χ0v) is 9.12. The number of nitrogens with zero attached hydrogens (tertiary/aromatic N) is 1. The Morgan fingerprint density at radius 3 is 2.50 bits per heavy atom. The van der Waals surface area contributed by atoms with Gasteiger partial charge in [0.25, 0.3) is 6.43 Å². The molecule has 0 bridgehead atoms. The molecule has 90 valence electrons. The van der Waals surface area contributed by atoms with Crippen LogP contribution in [0.1, 0.15) is 18.6 Å². The van der Waals surface area contributed by atoms with E-state index in [1.165, 1.54) is 37.1 Å². The predicted molar refractivity (Wildman–Crippen MR) is 56.3 cm³/mol. The van der Waals surface area contributed by atoms with Gasteiger partial charge in [0, 0.05) is 18.3 Å². The third kappa shape index (κ3) is 2.88. The summed E-state index contributed by atoms with van der Waals surface area (Å²) < 4.78 is 37.8. The summed E-state index contributed by atoms with van der Waals surface area (Å²) >= 11 is 0. The van der Waals surface area contributed by atoms with Crippen LogP contribution in [-0.2, 0) is 0 Å². The summed E-state index contributed by atoms with van der Waals surface area (Å²) in [4.78, 5) is 1.23. The standard InChI is InChI=1S/C11H14F3NO/c1-7(16)11-8(12)4-3-5-9(11)15(2)6-10(13)14/h3-5,7,10,16H,6H2,1-2H3. The van der Waals surface area contributed by atoms with Gasteiger partial charge in [0.15, 0.2) is 0 Å². The van der Waals surface area contributed by atoms with E-state index in [1.54, 1.807) is 0 Å². The fourth-order valence-corrected chi connectivity index (χ4v) is 1.58. The van der Waals surface area contributed by atoms with Crippen LogP contribution in [0, 0.1) is 5.82 Å². The first kappa shape index (κ1) is 12.8. The lowest BCUT2D eigenvalue weighted by Crippen LogP contribution is -2.25. The van der Waals surface area contributed by atoms with Gasteiger partial charge in [-0.15, -0.1) is 0 Å². The number of aliphatic hydroxyl groups is 1. The molecule has 0 amide bonds. The maximum absolute atomic E-state index is 13.4. The van der Waals surface area contributed by atoms with Gasteiger partial charge >= 0.3 is 0 Å². The first-order valence-corrected chi connectivity index (χ1v) is 4.89. The van der Waals surface area contributed by atoms with E-state index in [9.17, 15) is 18.3 Å². The van der Waals surface area contributed by atoms with Crippen LogP contribution in [0.4, 0.5) is 18.9 Å². The van der Waals surface area contributed by atoms with E-state index in [0.29, 0.717) is 0 Å². The fraction of sp³-hybridized carbons (Fsp3) is 0.455. The van der Waals surface area contributed by atoms with Gasteiger partial charge in [0.05, 0.1) is 12.6 Å². The number of benzene rings is 1. The molecule has 2 nitrogen and oxygen atoms in total. The normalized spacial score (nSPS) is 12.9.